The molecule has 0 radical (unpaired) electrons. The van der Waals surface area contributed by atoms with E-state index in [2.05, 4.69) is 26.5 Å². The molecular formula is C21H25N5O. The van der Waals surface area contributed by atoms with Gasteiger partial charge < -0.3 is 15.5 Å². The van der Waals surface area contributed by atoms with Gasteiger partial charge >= 0.3 is 6.03 Å². The van der Waals surface area contributed by atoms with Crippen molar-refractivity contribution in [1.29, 1.82) is 5.26 Å². The van der Waals surface area contributed by atoms with Crippen LogP contribution in [0, 0.1) is 11.3 Å². The van der Waals surface area contributed by atoms with Crippen molar-refractivity contribution < 1.29 is 4.79 Å². The summed E-state index contributed by atoms with van der Waals surface area (Å²) in [5.74, 6) is 0. The molecule has 0 bridgehead atoms. The number of amides is 2. The molecule has 2 N–H and O–H groups in total. The molecule has 0 aromatic heterocycles. The molecule has 2 amide bonds. The molecule has 27 heavy (non-hydrogen) atoms. The van der Waals surface area contributed by atoms with Gasteiger partial charge in [0.1, 0.15) is 0 Å². The van der Waals surface area contributed by atoms with Gasteiger partial charge in [0, 0.05) is 44.1 Å². The molecule has 0 spiro atoms. The monoisotopic (exact) mass is 363 g/mol. The lowest BCUT2D eigenvalue weighted by molar-refractivity contribution is 0.244. The standard InChI is InChI=1S/C21H25N5O/c22-17-18-7-9-20(10-8-18)26-15-13-25(14-16-26)12-4-11-23-21(27)24-19-5-2-1-3-6-19/h1-3,5-10H,4,11-16H2,(H2,23,24,27). The van der Waals surface area contributed by atoms with Gasteiger partial charge in [-0.1, -0.05) is 18.2 Å². The van der Waals surface area contributed by atoms with Crippen LogP contribution in [0.25, 0.3) is 0 Å². The summed E-state index contributed by atoms with van der Waals surface area (Å²) in [5.41, 5.74) is 2.67. The predicted octanol–water partition coefficient (Wildman–Crippen LogP) is 2.89. The van der Waals surface area contributed by atoms with Gasteiger partial charge in [-0.15, -0.1) is 0 Å². The molecule has 0 saturated carbocycles. The number of carbonyl (C=O) groups excluding carboxylic acids is 1. The third kappa shape index (κ3) is 5.73. The normalized spacial score (nSPS) is 14.4. The number of benzene rings is 2. The van der Waals surface area contributed by atoms with Gasteiger partial charge in [-0.2, -0.15) is 5.26 Å². The zero-order valence-electron chi connectivity index (χ0n) is 15.4. The van der Waals surface area contributed by atoms with Crippen LogP contribution >= 0.6 is 0 Å². The highest BCUT2D eigenvalue weighted by Crippen LogP contribution is 2.17. The smallest absolute Gasteiger partial charge is 0.319 e. The molecule has 0 unspecified atom stereocenters. The van der Waals surface area contributed by atoms with Crippen LogP contribution in [0.4, 0.5) is 16.2 Å². The maximum absolute atomic E-state index is 11.8. The van der Waals surface area contributed by atoms with Crippen molar-refractivity contribution in [2.24, 2.45) is 0 Å². The first-order chi connectivity index (χ1) is 13.2. The second kappa shape index (κ2) is 9.60. The van der Waals surface area contributed by atoms with Crippen LogP contribution in [-0.2, 0) is 0 Å². The number of piperazine rings is 1. The van der Waals surface area contributed by atoms with Crippen molar-refractivity contribution in [1.82, 2.24) is 10.2 Å². The maximum atomic E-state index is 11.8. The number of rotatable bonds is 6. The Hall–Kier alpha value is -3.04. The lowest BCUT2D eigenvalue weighted by Crippen LogP contribution is -2.47. The minimum Gasteiger partial charge on any atom is -0.369 e. The topological polar surface area (TPSA) is 71.4 Å². The van der Waals surface area contributed by atoms with E-state index in [9.17, 15) is 4.79 Å². The van der Waals surface area contributed by atoms with Gasteiger partial charge in [0.05, 0.1) is 11.6 Å². The zero-order chi connectivity index (χ0) is 18.9. The van der Waals surface area contributed by atoms with E-state index >= 15 is 0 Å². The molecule has 0 atom stereocenters. The van der Waals surface area contributed by atoms with Crippen molar-refractivity contribution in [2.45, 2.75) is 6.42 Å². The van der Waals surface area contributed by atoms with Crippen LogP contribution in [0.15, 0.2) is 54.6 Å². The molecule has 1 saturated heterocycles. The van der Waals surface area contributed by atoms with Gasteiger partial charge in [-0.25, -0.2) is 4.79 Å². The molecular weight excluding hydrogens is 338 g/mol. The van der Waals surface area contributed by atoms with Crippen molar-refractivity contribution in [3.05, 3.63) is 60.2 Å². The summed E-state index contributed by atoms with van der Waals surface area (Å²) < 4.78 is 0. The van der Waals surface area contributed by atoms with E-state index in [-0.39, 0.29) is 6.03 Å². The van der Waals surface area contributed by atoms with Gasteiger partial charge in [-0.05, 0) is 49.4 Å². The highest BCUT2D eigenvalue weighted by molar-refractivity contribution is 5.89. The van der Waals surface area contributed by atoms with Gasteiger partial charge in [-0.3, -0.25) is 4.90 Å². The van der Waals surface area contributed by atoms with E-state index < -0.39 is 0 Å². The van der Waals surface area contributed by atoms with E-state index in [1.54, 1.807) is 0 Å². The van der Waals surface area contributed by atoms with Gasteiger partial charge in [0.25, 0.3) is 0 Å². The summed E-state index contributed by atoms with van der Waals surface area (Å²) in [6.45, 7) is 5.62. The molecule has 0 aliphatic carbocycles. The molecule has 1 heterocycles. The number of carbonyl (C=O) groups is 1. The minimum atomic E-state index is -0.160. The second-order valence-electron chi connectivity index (χ2n) is 6.59. The Kier molecular flexibility index (Phi) is 6.66. The highest BCUT2D eigenvalue weighted by atomic mass is 16.2. The largest absolute Gasteiger partial charge is 0.369 e. The van der Waals surface area contributed by atoms with Crippen LogP contribution in [0.1, 0.15) is 12.0 Å². The fraction of sp³-hybridized carbons (Fsp3) is 0.333. The maximum Gasteiger partial charge on any atom is 0.319 e. The first-order valence-corrected chi connectivity index (χ1v) is 9.32. The molecule has 6 heteroatoms. The number of nitrogens with zero attached hydrogens (tertiary/aromatic N) is 3. The fourth-order valence-corrected chi connectivity index (χ4v) is 3.18. The van der Waals surface area contributed by atoms with Crippen LogP contribution in [0.5, 0.6) is 0 Å². The highest BCUT2D eigenvalue weighted by Gasteiger charge is 2.16. The van der Waals surface area contributed by atoms with E-state index in [0.29, 0.717) is 12.1 Å². The van der Waals surface area contributed by atoms with Crippen molar-refractivity contribution in [3.8, 4) is 6.07 Å². The summed E-state index contributed by atoms with van der Waals surface area (Å²) in [5, 5.41) is 14.6. The summed E-state index contributed by atoms with van der Waals surface area (Å²) >= 11 is 0. The SMILES string of the molecule is N#Cc1ccc(N2CCN(CCCNC(=O)Nc3ccccc3)CC2)cc1. The Morgan fingerprint density at radius 3 is 2.37 bits per heavy atom. The van der Waals surface area contributed by atoms with Gasteiger partial charge in [0.2, 0.25) is 0 Å². The quantitative estimate of drug-likeness (QED) is 0.774. The number of anilines is 2. The Balaban J connectivity index is 1.31. The third-order valence-corrected chi connectivity index (χ3v) is 4.70. The summed E-state index contributed by atoms with van der Waals surface area (Å²) in [7, 11) is 0. The average molecular weight is 363 g/mol. The Morgan fingerprint density at radius 1 is 1.00 bits per heavy atom. The Labute approximate surface area is 160 Å². The number of para-hydroxylation sites is 1. The molecule has 140 valence electrons. The number of hydrogen-bond donors (Lipinski definition) is 2. The number of nitriles is 1. The summed E-state index contributed by atoms with van der Waals surface area (Å²) in [6, 6.07) is 19.2. The van der Waals surface area contributed by atoms with E-state index in [1.165, 1.54) is 5.69 Å². The van der Waals surface area contributed by atoms with Crippen LogP contribution in [-0.4, -0.2) is 50.2 Å². The third-order valence-electron chi connectivity index (χ3n) is 4.70. The van der Waals surface area contributed by atoms with Gasteiger partial charge in [0.15, 0.2) is 0 Å². The van der Waals surface area contributed by atoms with E-state index in [4.69, 9.17) is 5.26 Å². The Bertz CT molecular complexity index is 761. The molecule has 3 rings (SSSR count). The van der Waals surface area contributed by atoms with Crippen LogP contribution in [0.3, 0.4) is 0 Å². The zero-order valence-corrected chi connectivity index (χ0v) is 15.4. The lowest BCUT2D eigenvalue weighted by atomic mass is 10.2. The van der Waals surface area contributed by atoms with Crippen LogP contribution < -0.4 is 15.5 Å². The molecule has 6 nitrogen and oxygen atoms in total. The first kappa shape index (κ1) is 18.7. The van der Waals surface area contributed by atoms with E-state index in [0.717, 1.165) is 44.8 Å². The number of hydrogen-bond acceptors (Lipinski definition) is 4. The Morgan fingerprint density at radius 2 is 1.70 bits per heavy atom. The van der Waals surface area contributed by atoms with Crippen molar-refractivity contribution >= 4 is 17.4 Å². The van der Waals surface area contributed by atoms with Crippen molar-refractivity contribution in [3.63, 3.8) is 0 Å². The van der Waals surface area contributed by atoms with Crippen LogP contribution in [0.2, 0.25) is 0 Å². The molecule has 2 aromatic rings. The predicted molar refractivity (Wildman–Crippen MR) is 108 cm³/mol. The van der Waals surface area contributed by atoms with E-state index in [1.807, 2.05) is 54.6 Å². The molecule has 1 aliphatic heterocycles. The molecule has 2 aromatic carbocycles. The first-order valence-electron chi connectivity index (χ1n) is 9.32. The second-order valence-corrected chi connectivity index (χ2v) is 6.59. The van der Waals surface area contributed by atoms with Crippen molar-refractivity contribution in [2.75, 3.05) is 49.5 Å². The summed E-state index contributed by atoms with van der Waals surface area (Å²) in [4.78, 5) is 16.6. The minimum absolute atomic E-state index is 0.160. The number of urea groups is 1. The molecule has 1 fully saturated rings. The number of nitrogens with one attached hydrogen (secondary N) is 2. The molecule has 1 aliphatic rings. The lowest BCUT2D eigenvalue weighted by Gasteiger charge is -2.36. The fourth-order valence-electron chi connectivity index (χ4n) is 3.18. The summed E-state index contributed by atoms with van der Waals surface area (Å²) in [6.07, 6.45) is 0.930. The average Bonchev–Trinajstić information content (AvgIpc) is 2.72.